The maximum atomic E-state index is 5.76. The summed E-state index contributed by atoms with van der Waals surface area (Å²) < 4.78 is 6.28. The Balaban J connectivity index is 2.68. The lowest BCUT2D eigenvalue weighted by molar-refractivity contribution is 0.360. The van der Waals surface area contributed by atoms with Crippen molar-refractivity contribution < 1.29 is 4.74 Å². The Hall–Kier alpha value is -0.800. The molecule has 3 heteroatoms. The fourth-order valence-corrected chi connectivity index (χ4v) is 1.16. The minimum absolute atomic E-state index is 0.0331. The minimum Gasteiger partial charge on any atom is -0.488 e. The maximum Gasteiger partial charge on any atom is 0.120 e. The van der Waals surface area contributed by atoms with Gasteiger partial charge in [-0.15, -0.1) is 0 Å². The third kappa shape index (κ3) is 3.52. The molecule has 0 radical (unpaired) electrons. The summed E-state index contributed by atoms with van der Waals surface area (Å²) in [5, 5.41) is 0. The van der Waals surface area contributed by atoms with Gasteiger partial charge in [-0.3, -0.25) is 0 Å². The van der Waals surface area contributed by atoms with Gasteiger partial charge in [0.2, 0.25) is 0 Å². The standard InChI is InChI=1S/C11H14BrNO/c1-8(12)7-14-11-5-3-4-10(6-11)9(2)13/h3-6,9H,1,7,13H2,2H3/t9-/m1/s1. The van der Waals surface area contributed by atoms with Crippen LogP contribution < -0.4 is 10.5 Å². The van der Waals surface area contributed by atoms with Gasteiger partial charge in [-0.25, -0.2) is 0 Å². The Labute approximate surface area is 92.9 Å². The number of nitrogens with two attached hydrogens (primary N) is 1. The van der Waals surface area contributed by atoms with Crippen LogP contribution in [0.2, 0.25) is 0 Å². The van der Waals surface area contributed by atoms with Crippen molar-refractivity contribution in [3.05, 3.63) is 40.9 Å². The molecule has 0 aliphatic carbocycles. The average Bonchev–Trinajstić information content (AvgIpc) is 2.15. The van der Waals surface area contributed by atoms with Crippen LogP contribution in [0.3, 0.4) is 0 Å². The van der Waals surface area contributed by atoms with E-state index in [2.05, 4.69) is 22.5 Å². The van der Waals surface area contributed by atoms with E-state index < -0.39 is 0 Å². The third-order valence-electron chi connectivity index (χ3n) is 1.78. The van der Waals surface area contributed by atoms with Crippen molar-refractivity contribution in [3.8, 4) is 5.75 Å². The lowest BCUT2D eigenvalue weighted by atomic mass is 10.1. The van der Waals surface area contributed by atoms with E-state index in [4.69, 9.17) is 10.5 Å². The van der Waals surface area contributed by atoms with E-state index in [0.29, 0.717) is 6.61 Å². The first-order valence-corrected chi connectivity index (χ1v) is 5.20. The van der Waals surface area contributed by atoms with Crippen LogP contribution in [0.1, 0.15) is 18.5 Å². The molecule has 0 aliphatic heterocycles. The minimum atomic E-state index is 0.0331. The van der Waals surface area contributed by atoms with Crippen LogP contribution in [-0.2, 0) is 0 Å². The highest BCUT2D eigenvalue weighted by Gasteiger charge is 2.00. The van der Waals surface area contributed by atoms with Crippen LogP contribution >= 0.6 is 15.9 Å². The molecule has 0 unspecified atom stereocenters. The molecular formula is C11H14BrNO. The first-order chi connectivity index (χ1) is 6.59. The van der Waals surface area contributed by atoms with Crippen LogP contribution in [0.4, 0.5) is 0 Å². The van der Waals surface area contributed by atoms with Gasteiger partial charge in [0.05, 0.1) is 0 Å². The zero-order chi connectivity index (χ0) is 10.6. The Bertz CT molecular complexity index is 323. The average molecular weight is 256 g/mol. The van der Waals surface area contributed by atoms with Gasteiger partial charge in [0, 0.05) is 10.5 Å². The molecule has 0 aromatic heterocycles. The van der Waals surface area contributed by atoms with Gasteiger partial charge in [-0.05, 0) is 24.6 Å². The van der Waals surface area contributed by atoms with Crippen molar-refractivity contribution in [2.45, 2.75) is 13.0 Å². The third-order valence-corrected chi connectivity index (χ3v) is 2.01. The lowest BCUT2D eigenvalue weighted by Crippen LogP contribution is -2.05. The molecular weight excluding hydrogens is 242 g/mol. The molecule has 0 saturated heterocycles. The molecule has 2 N–H and O–H groups in total. The van der Waals surface area contributed by atoms with E-state index in [1.165, 1.54) is 0 Å². The predicted molar refractivity (Wildman–Crippen MR) is 62.6 cm³/mol. The first kappa shape index (κ1) is 11.3. The van der Waals surface area contributed by atoms with Crippen molar-refractivity contribution in [2.24, 2.45) is 5.73 Å². The van der Waals surface area contributed by atoms with E-state index in [0.717, 1.165) is 15.8 Å². The predicted octanol–water partition coefficient (Wildman–Crippen LogP) is 2.99. The van der Waals surface area contributed by atoms with Crippen LogP contribution in [0.25, 0.3) is 0 Å². The SMILES string of the molecule is C=C(Br)COc1cccc([C@@H](C)N)c1. The van der Waals surface area contributed by atoms with Gasteiger partial charge < -0.3 is 10.5 Å². The van der Waals surface area contributed by atoms with Crippen molar-refractivity contribution in [2.75, 3.05) is 6.61 Å². The first-order valence-electron chi connectivity index (χ1n) is 4.41. The Morgan fingerprint density at radius 1 is 1.64 bits per heavy atom. The van der Waals surface area contributed by atoms with Gasteiger partial charge >= 0.3 is 0 Å². The smallest absolute Gasteiger partial charge is 0.120 e. The Morgan fingerprint density at radius 3 is 2.93 bits per heavy atom. The normalized spacial score (nSPS) is 12.2. The van der Waals surface area contributed by atoms with E-state index in [-0.39, 0.29) is 6.04 Å². The van der Waals surface area contributed by atoms with E-state index in [1.54, 1.807) is 0 Å². The summed E-state index contributed by atoms with van der Waals surface area (Å²) in [5.41, 5.74) is 6.83. The zero-order valence-electron chi connectivity index (χ0n) is 8.16. The molecule has 76 valence electrons. The molecule has 0 fully saturated rings. The summed E-state index contributed by atoms with van der Waals surface area (Å²) in [6, 6.07) is 7.80. The number of halogens is 1. The van der Waals surface area contributed by atoms with Gasteiger partial charge in [0.1, 0.15) is 12.4 Å². The van der Waals surface area contributed by atoms with E-state index >= 15 is 0 Å². The summed E-state index contributed by atoms with van der Waals surface area (Å²) in [5.74, 6) is 0.820. The highest BCUT2D eigenvalue weighted by Crippen LogP contribution is 2.18. The van der Waals surface area contributed by atoms with Gasteiger partial charge in [-0.2, -0.15) is 0 Å². The molecule has 0 spiro atoms. The van der Waals surface area contributed by atoms with Gasteiger partial charge in [-0.1, -0.05) is 34.6 Å². The van der Waals surface area contributed by atoms with Crippen molar-refractivity contribution >= 4 is 15.9 Å². The molecule has 1 atom stereocenters. The number of rotatable bonds is 4. The fourth-order valence-electron chi connectivity index (χ4n) is 1.05. The van der Waals surface area contributed by atoms with E-state index in [9.17, 15) is 0 Å². The van der Waals surface area contributed by atoms with Crippen LogP contribution in [0.5, 0.6) is 5.75 Å². The van der Waals surface area contributed by atoms with E-state index in [1.807, 2.05) is 31.2 Å². The molecule has 2 nitrogen and oxygen atoms in total. The van der Waals surface area contributed by atoms with Gasteiger partial charge in [0.15, 0.2) is 0 Å². The lowest BCUT2D eigenvalue weighted by Gasteiger charge is -2.09. The fraction of sp³-hybridized carbons (Fsp3) is 0.273. The maximum absolute atomic E-state index is 5.76. The van der Waals surface area contributed by atoms with Crippen LogP contribution in [0.15, 0.2) is 35.3 Å². The highest BCUT2D eigenvalue weighted by molar-refractivity contribution is 9.11. The number of benzene rings is 1. The molecule has 0 saturated carbocycles. The molecule has 1 rings (SSSR count). The Kier molecular flexibility index (Phi) is 4.17. The largest absolute Gasteiger partial charge is 0.488 e. The monoisotopic (exact) mass is 255 g/mol. The second kappa shape index (κ2) is 5.17. The number of ether oxygens (including phenoxy) is 1. The highest BCUT2D eigenvalue weighted by atomic mass is 79.9. The summed E-state index contributed by atoms with van der Waals surface area (Å²) >= 11 is 3.24. The second-order valence-electron chi connectivity index (χ2n) is 3.17. The molecule has 1 aromatic rings. The molecule has 14 heavy (non-hydrogen) atoms. The molecule has 0 aliphatic rings. The molecule has 0 amide bonds. The summed E-state index contributed by atoms with van der Waals surface area (Å²) in [7, 11) is 0. The molecule has 1 aromatic carbocycles. The van der Waals surface area contributed by atoms with Crippen molar-refractivity contribution in [1.82, 2.24) is 0 Å². The second-order valence-corrected chi connectivity index (χ2v) is 4.29. The van der Waals surface area contributed by atoms with Crippen molar-refractivity contribution in [1.29, 1.82) is 0 Å². The summed E-state index contributed by atoms with van der Waals surface area (Å²) in [6.45, 7) is 6.12. The summed E-state index contributed by atoms with van der Waals surface area (Å²) in [6.07, 6.45) is 0. The van der Waals surface area contributed by atoms with Gasteiger partial charge in [0.25, 0.3) is 0 Å². The number of hydrogen-bond acceptors (Lipinski definition) is 2. The Morgan fingerprint density at radius 2 is 2.36 bits per heavy atom. The zero-order valence-corrected chi connectivity index (χ0v) is 9.75. The molecule has 0 bridgehead atoms. The van der Waals surface area contributed by atoms with Crippen LogP contribution in [0, 0.1) is 0 Å². The van der Waals surface area contributed by atoms with Crippen LogP contribution in [-0.4, -0.2) is 6.61 Å². The number of hydrogen-bond donors (Lipinski definition) is 1. The molecule has 0 heterocycles. The summed E-state index contributed by atoms with van der Waals surface area (Å²) in [4.78, 5) is 0. The quantitative estimate of drug-likeness (QED) is 0.898. The van der Waals surface area contributed by atoms with Crippen molar-refractivity contribution in [3.63, 3.8) is 0 Å². The topological polar surface area (TPSA) is 35.2 Å².